The third-order valence-corrected chi connectivity index (χ3v) is 13.3. The molecule has 0 aliphatic heterocycles. The second-order valence-electron chi connectivity index (χ2n) is 17.1. The number of rotatable bonds is 8. The number of fused-ring (bicyclic) bond motifs is 9. The Morgan fingerprint density at radius 1 is 0.385 bits per heavy atom. The fraction of sp³-hybridized carbons (Fsp3) is 0.0500. The number of hydrogen-bond donors (Lipinski definition) is 0. The molecule has 0 saturated heterocycles. The van der Waals surface area contributed by atoms with E-state index in [1.54, 1.807) is 0 Å². The smallest absolute Gasteiger partial charge is 0.164 e. The molecule has 5 nitrogen and oxygen atoms in total. The first-order valence-corrected chi connectivity index (χ1v) is 22.3. The third-order valence-electron chi connectivity index (χ3n) is 13.3. The standard InChI is InChI=1S/C60H40N4O/c1-4-15-39(16-5-1)42-29-32-48-47(45-23-10-11-24-46(45)51(48)35-42)30-27-38-28-31-49-52-36-53-50-25-12-13-26-56(50)65-57(53)37-55(52)64(54(49)33-38)44-22-14-21-43(34-44)60-62-58(40-17-6-2-7-18-40)61-59(63-60)41-19-8-3-9-20-41/h1-26,28-29,31-37,47H,27,30H2. The zero-order valence-electron chi connectivity index (χ0n) is 35.4. The minimum atomic E-state index is 0.311. The van der Waals surface area contributed by atoms with Crippen molar-refractivity contribution in [3.05, 3.63) is 229 Å². The van der Waals surface area contributed by atoms with Crippen LogP contribution in [0.1, 0.15) is 29.0 Å². The van der Waals surface area contributed by atoms with E-state index in [1.807, 2.05) is 72.8 Å². The van der Waals surface area contributed by atoms with Crippen LogP contribution in [0.4, 0.5) is 0 Å². The van der Waals surface area contributed by atoms with Crippen LogP contribution in [-0.4, -0.2) is 19.5 Å². The SMILES string of the molecule is c1ccc(-c2ccc3c(c2)-c2ccccc2C3CCc2ccc3c4cc5c(cc4n(-c4cccc(-c6nc(-c7ccccc7)nc(-c7ccccc7)n6)c4)c3c2)oc2ccccc25)cc1. The monoisotopic (exact) mass is 832 g/mol. The first-order valence-electron chi connectivity index (χ1n) is 22.3. The van der Waals surface area contributed by atoms with Crippen molar-refractivity contribution in [2.75, 3.05) is 0 Å². The van der Waals surface area contributed by atoms with Gasteiger partial charge in [-0.2, -0.15) is 0 Å². The van der Waals surface area contributed by atoms with Crippen LogP contribution in [-0.2, 0) is 6.42 Å². The van der Waals surface area contributed by atoms with Gasteiger partial charge in [0.15, 0.2) is 17.5 Å². The lowest BCUT2D eigenvalue weighted by atomic mass is 9.89. The number of benzene rings is 9. The van der Waals surface area contributed by atoms with Crippen molar-refractivity contribution in [3.63, 3.8) is 0 Å². The van der Waals surface area contributed by atoms with Gasteiger partial charge in [-0.1, -0.05) is 170 Å². The summed E-state index contributed by atoms with van der Waals surface area (Å²) < 4.78 is 8.92. The van der Waals surface area contributed by atoms with Crippen molar-refractivity contribution < 1.29 is 4.42 Å². The van der Waals surface area contributed by atoms with Crippen LogP contribution >= 0.6 is 0 Å². The van der Waals surface area contributed by atoms with Crippen LogP contribution in [0.15, 0.2) is 217 Å². The normalized spacial score (nSPS) is 13.2. The molecule has 0 fully saturated rings. The van der Waals surface area contributed by atoms with Gasteiger partial charge in [0.1, 0.15) is 11.2 Å². The lowest BCUT2D eigenvalue weighted by molar-refractivity contribution is 0.669. The lowest BCUT2D eigenvalue weighted by Crippen LogP contribution is -2.01. The van der Waals surface area contributed by atoms with Crippen LogP contribution in [0.2, 0.25) is 0 Å². The zero-order chi connectivity index (χ0) is 42.8. The molecule has 9 aromatic carbocycles. The molecule has 1 unspecified atom stereocenters. The highest BCUT2D eigenvalue weighted by atomic mass is 16.3. The minimum Gasteiger partial charge on any atom is -0.456 e. The minimum absolute atomic E-state index is 0.311. The summed E-state index contributed by atoms with van der Waals surface area (Å²) in [5.41, 5.74) is 17.1. The van der Waals surface area contributed by atoms with Crippen molar-refractivity contribution in [3.8, 4) is 62.1 Å². The Hall–Kier alpha value is -8.41. The van der Waals surface area contributed by atoms with Gasteiger partial charge in [-0.3, -0.25) is 0 Å². The molecule has 0 saturated carbocycles. The molecule has 0 amide bonds. The highest BCUT2D eigenvalue weighted by molar-refractivity contribution is 6.17. The van der Waals surface area contributed by atoms with Gasteiger partial charge in [0.25, 0.3) is 0 Å². The maximum atomic E-state index is 6.52. The van der Waals surface area contributed by atoms with E-state index in [4.69, 9.17) is 19.4 Å². The second-order valence-corrected chi connectivity index (χ2v) is 17.1. The number of furan rings is 1. The van der Waals surface area contributed by atoms with Gasteiger partial charge in [-0.05, 0) is 88.2 Å². The number of aromatic nitrogens is 4. The highest BCUT2D eigenvalue weighted by Crippen LogP contribution is 2.48. The molecule has 0 N–H and O–H groups in total. The molecule has 0 bridgehead atoms. The first-order chi connectivity index (χ1) is 32.2. The first kappa shape index (κ1) is 37.2. The molecule has 13 rings (SSSR count). The van der Waals surface area contributed by atoms with E-state index in [0.717, 1.165) is 68.2 Å². The average molecular weight is 833 g/mol. The fourth-order valence-electron chi connectivity index (χ4n) is 10.2. The van der Waals surface area contributed by atoms with Gasteiger partial charge in [0.05, 0.1) is 11.0 Å². The number of nitrogens with zero attached hydrogens (tertiary/aromatic N) is 4. The van der Waals surface area contributed by atoms with E-state index >= 15 is 0 Å². The Balaban J connectivity index is 0.940. The van der Waals surface area contributed by atoms with Crippen LogP contribution in [0.5, 0.6) is 0 Å². The van der Waals surface area contributed by atoms with Crippen molar-refractivity contribution in [1.29, 1.82) is 0 Å². The van der Waals surface area contributed by atoms with Crippen molar-refractivity contribution in [2.45, 2.75) is 18.8 Å². The molecule has 1 atom stereocenters. The molecule has 1 aliphatic carbocycles. The summed E-state index contributed by atoms with van der Waals surface area (Å²) in [5.74, 6) is 2.20. The molecule has 1 aliphatic rings. The maximum Gasteiger partial charge on any atom is 0.164 e. The largest absolute Gasteiger partial charge is 0.456 e. The number of aryl methyl sites for hydroxylation is 1. The van der Waals surface area contributed by atoms with Gasteiger partial charge >= 0.3 is 0 Å². The van der Waals surface area contributed by atoms with Gasteiger partial charge < -0.3 is 8.98 Å². The van der Waals surface area contributed by atoms with E-state index in [2.05, 4.69) is 144 Å². The Labute approximate surface area is 376 Å². The summed E-state index contributed by atoms with van der Waals surface area (Å²) in [7, 11) is 0. The molecular formula is C60H40N4O. The molecule has 65 heavy (non-hydrogen) atoms. The van der Waals surface area contributed by atoms with Crippen LogP contribution in [0.3, 0.4) is 0 Å². The summed E-state index contributed by atoms with van der Waals surface area (Å²) in [4.78, 5) is 15.1. The van der Waals surface area contributed by atoms with Crippen LogP contribution < -0.4 is 0 Å². The van der Waals surface area contributed by atoms with Crippen LogP contribution in [0, 0.1) is 0 Å². The molecule has 5 heteroatoms. The van der Waals surface area contributed by atoms with Gasteiger partial charge in [0, 0.05) is 55.9 Å². The van der Waals surface area contributed by atoms with E-state index in [9.17, 15) is 0 Å². The zero-order valence-corrected chi connectivity index (χ0v) is 35.4. The van der Waals surface area contributed by atoms with Gasteiger partial charge in [-0.25, -0.2) is 15.0 Å². The molecule has 3 aromatic heterocycles. The van der Waals surface area contributed by atoms with E-state index in [0.29, 0.717) is 23.4 Å². The molecule has 12 aromatic rings. The Bertz CT molecular complexity index is 3720. The molecular weight excluding hydrogens is 793 g/mol. The van der Waals surface area contributed by atoms with Crippen molar-refractivity contribution >= 4 is 43.7 Å². The molecule has 0 radical (unpaired) electrons. The Morgan fingerprint density at radius 3 is 1.78 bits per heavy atom. The third kappa shape index (κ3) is 6.35. The van der Waals surface area contributed by atoms with E-state index < -0.39 is 0 Å². The quantitative estimate of drug-likeness (QED) is 0.153. The summed E-state index contributed by atoms with van der Waals surface area (Å²) in [6, 6.07) is 75.6. The Morgan fingerprint density at radius 2 is 1.02 bits per heavy atom. The van der Waals surface area contributed by atoms with Gasteiger partial charge in [-0.15, -0.1) is 0 Å². The highest BCUT2D eigenvalue weighted by Gasteiger charge is 2.29. The van der Waals surface area contributed by atoms with Crippen molar-refractivity contribution in [1.82, 2.24) is 19.5 Å². The Kier molecular flexibility index (Phi) is 8.66. The van der Waals surface area contributed by atoms with Crippen molar-refractivity contribution in [2.24, 2.45) is 0 Å². The summed E-state index contributed by atoms with van der Waals surface area (Å²) in [6.45, 7) is 0. The second kappa shape index (κ2) is 15.1. The lowest BCUT2D eigenvalue weighted by Gasteiger charge is -2.15. The molecule has 0 spiro atoms. The molecule has 3 heterocycles. The van der Waals surface area contributed by atoms with Crippen LogP contribution in [0.25, 0.3) is 106 Å². The van der Waals surface area contributed by atoms with E-state index in [1.165, 1.54) is 49.7 Å². The fourth-order valence-corrected chi connectivity index (χ4v) is 10.2. The predicted octanol–water partition coefficient (Wildman–Crippen LogP) is 15.3. The summed E-state index contributed by atoms with van der Waals surface area (Å²) in [5, 5.41) is 4.62. The predicted molar refractivity (Wildman–Crippen MR) is 265 cm³/mol. The summed E-state index contributed by atoms with van der Waals surface area (Å²) >= 11 is 0. The topological polar surface area (TPSA) is 56.7 Å². The van der Waals surface area contributed by atoms with E-state index in [-0.39, 0.29) is 0 Å². The molecule has 306 valence electrons. The maximum absolute atomic E-state index is 6.52. The number of hydrogen-bond acceptors (Lipinski definition) is 4. The van der Waals surface area contributed by atoms with Gasteiger partial charge in [0.2, 0.25) is 0 Å². The average Bonchev–Trinajstić information content (AvgIpc) is 4.02. The number of para-hydroxylation sites is 1. The summed E-state index contributed by atoms with van der Waals surface area (Å²) in [6.07, 6.45) is 1.93.